The normalized spacial score (nSPS) is 9.56. The summed E-state index contributed by atoms with van der Waals surface area (Å²) in [4.78, 5) is 10.4. The third kappa shape index (κ3) is 6.31. The molecular formula is C13H19NaO2. The van der Waals surface area contributed by atoms with Crippen molar-refractivity contribution in [1.82, 2.24) is 0 Å². The summed E-state index contributed by atoms with van der Waals surface area (Å²) < 4.78 is 0. The van der Waals surface area contributed by atoms with Crippen LogP contribution in [0.4, 0.5) is 0 Å². The van der Waals surface area contributed by atoms with Crippen molar-refractivity contribution in [3.8, 4) is 0 Å². The maximum atomic E-state index is 10.4. The van der Waals surface area contributed by atoms with Gasteiger partial charge < -0.3 is 5.11 Å². The second-order valence-electron chi connectivity index (χ2n) is 3.82. The van der Waals surface area contributed by atoms with E-state index in [1.807, 2.05) is 12.1 Å². The molecule has 1 aromatic carbocycles. The van der Waals surface area contributed by atoms with E-state index >= 15 is 0 Å². The van der Waals surface area contributed by atoms with Crippen LogP contribution in [-0.4, -0.2) is 40.6 Å². The Morgan fingerprint density at radius 1 is 1.25 bits per heavy atom. The molecule has 0 bridgehead atoms. The van der Waals surface area contributed by atoms with Gasteiger partial charge in [0.05, 0.1) is 0 Å². The fourth-order valence-corrected chi connectivity index (χ4v) is 1.57. The number of rotatable bonds is 6. The van der Waals surface area contributed by atoms with E-state index in [9.17, 15) is 4.79 Å². The van der Waals surface area contributed by atoms with E-state index in [0.29, 0.717) is 6.42 Å². The van der Waals surface area contributed by atoms with Gasteiger partial charge in [-0.15, -0.1) is 0 Å². The number of hydrogen-bond acceptors (Lipinski definition) is 1. The summed E-state index contributed by atoms with van der Waals surface area (Å²) in [7, 11) is 0. The van der Waals surface area contributed by atoms with Gasteiger partial charge in [-0.25, -0.2) is 0 Å². The maximum absolute atomic E-state index is 10.4. The van der Waals surface area contributed by atoms with Crippen LogP contribution < -0.4 is 0 Å². The van der Waals surface area contributed by atoms with Crippen molar-refractivity contribution in [1.29, 1.82) is 0 Å². The van der Waals surface area contributed by atoms with Gasteiger partial charge in [0.1, 0.15) is 0 Å². The molecule has 0 heterocycles. The molecule has 0 aliphatic carbocycles. The topological polar surface area (TPSA) is 37.3 Å². The Morgan fingerprint density at radius 2 is 1.88 bits per heavy atom. The quantitative estimate of drug-likeness (QED) is 0.762. The van der Waals surface area contributed by atoms with E-state index in [0.717, 1.165) is 12.0 Å². The molecule has 2 nitrogen and oxygen atoms in total. The molecule has 0 radical (unpaired) electrons. The van der Waals surface area contributed by atoms with Crippen LogP contribution in [0.1, 0.15) is 37.3 Å². The molecule has 0 amide bonds. The molecule has 84 valence electrons. The molecule has 1 aromatic rings. The number of aryl methyl sites for hydroxylation is 2. The van der Waals surface area contributed by atoms with Crippen molar-refractivity contribution < 1.29 is 9.90 Å². The molecule has 0 aliphatic rings. The van der Waals surface area contributed by atoms with Gasteiger partial charge in [-0.2, -0.15) is 0 Å². The van der Waals surface area contributed by atoms with Crippen LogP contribution in [0.3, 0.4) is 0 Å². The SMILES string of the molecule is CCCCc1cccc(CCC(=O)O)c1.[NaH]. The summed E-state index contributed by atoms with van der Waals surface area (Å²) in [5.41, 5.74) is 2.45. The van der Waals surface area contributed by atoms with Gasteiger partial charge in [-0.1, -0.05) is 37.6 Å². The van der Waals surface area contributed by atoms with E-state index < -0.39 is 5.97 Å². The van der Waals surface area contributed by atoms with Crippen LogP contribution in [0.15, 0.2) is 24.3 Å². The molecule has 0 spiro atoms. The molecule has 0 unspecified atom stereocenters. The van der Waals surface area contributed by atoms with Gasteiger partial charge in [-0.3, -0.25) is 4.79 Å². The zero-order valence-corrected chi connectivity index (χ0v) is 9.20. The van der Waals surface area contributed by atoms with Crippen LogP contribution in [0.5, 0.6) is 0 Å². The van der Waals surface area contributed by atoms with Gasteiger partial charge in [0.15, 0.2) is 0 Å². The first kappa shape index (κ1) is 15.7. The minimum atomic E-state index is -0.728. The van der Waals surface area contributed by atoms with Crippen molar-refractivity contribution in [2.75, 3.05) is 0 Å². The molecule has 0 aromatic heterocycles. The average molecular weight is 230 g/mol. The number of benzene rings is 1. The van der Waals surface area contributed by atoms with E-state index in [-0.39, 0.29) is 36.0 Å². The first-order valence-corrected chi connectivity index (χ1v) is 5.52. The first-order chi connectivity index (χ1) is 7.22. The minimum absolute atomic E-state index is 0. The number of carboxylic acids is 1. The third-order valence-corrected chi connectivity index (χ3v) is 2.44. The fraction of sp³-hybridized carbons (Fsp3) is 0.462. The zero-order valence-electron chi connectivity index (χ0n) is 9.20. The molecule has 16 heavy (non-hydrogen) atoms. The molecule has 1 N–H and O–H groups in total. The molecule has 0 fully saturated rings. The van der Waals surface area contributed by atoms with Gasteiger partial charge >= 0.3 is 35.5 Å². The Morgan fingerprint density at radius 3 is 2.44 bits per heavy atom. The number of aliphatic carboxylic acids is 1. The van der Waals surface area contributed by atoms with Crippen molar-refractivity contribution >= 4 is 35.5 Å². The number of carbonyl (C=O) groups is 1. The summed E-state index contributed by atoms with van der Waals surface area (Å²) >= 11 is 0. The summed E-state index contributed by atoms with van der Waals surface area (Å²) in [6, 6.07) is 8.25. The predicted octanol–water partition coefficient (Wildman–Crippen LogP) is 2.40. The Balaban J connectivity index is 0.00000225. The van der Waals surface area contributed by atoms with E-state index in [4.69, 9.17) is 5.11 Å². The molecule has 1 rings (SSSR count). The number of unbranched alkanes of at least 4 members (excludes halogenated alkanes) is 1. The van der Waals surface area contributed by atoms with Crippen LogP contribution in [0.2, 0.25) is 0 Å². The summed E-state index contributed by atoms with van der Waals surface area (Å²) in [6.45, 7) is 2.17. The van der Waals surface area contributed by atoms with Crippen LogP contribution in [0, 0.1) is 0 Å². The first-order valence-electron chi connectivity index (χ1n) is 5.52. The molecule has 0 atom stereocenters. The van der Waals surface area contributed by atoms with E-state index in [1.54, 1.807) is 0 Å². The van der Waals surface area contributed by atoms with Crippen LogP contribution in [-0.2, 0) is 17.6 Å². The summed E-state index contributed by atoms with van der Waals surface area (Å²) in [6.07, 6.45) is 4.34. The van der Waals surface area contributed by atoms with E-state index in [2.05, 4.69) is 19.1 Å². The third-order valence-electron chi connectivity index (χ3n) is 2.44. The zero-order chi connectivity index (χ0) is 11.1. The second-order valence-corrected chi connectivity index (χ2v) is 3.82. The molecule has 0 saturated heterocycles. The monoisotopic (exact) mass is 230 g/mol. The number of hydrogen-bond donors (Lipinski definition) is 1. The van der Waals surface area contributed by atoms with Gasteiger partial charge in [0, 0.05) is 6.42 Å². The Hall–Kier alpha value is -0.310. The van der Waals surface area contributed by atoms with Gasteiger partial charge in [0.2, 0.25) is 0 Å². The second kappa shape index (κ2) is 8.80. The van der Waals surface area contributed by atoms with E-state index in [1.165, 1.54) is 18.4 Å². The van der Waals surface area contributed by atoms with Gasteiger partial charge in [0.25, 0.3) is 0 Å². The van der Waals surface area contributed by atoms with Crippen molar-refractivity contribution in [3.05, 3.63) is 35.4 Å². The molecular weight excluding hydrogens is 211 g/mol. The summed E-state index contributed by atoms with van der Waals surface area (Å²) in [5, 5.41) is 8.59. The van der Waals surface area contributed by atoms with Gasteiger partial charge in [-0.05, 0) is 30.4 Å². The standard InChI is InChI=1S/C13H18O2.Na.H/c1-2-3-5-11-6-4-7-12(10-11)8-9-13(14)15;;/h4,6-7,10H,2-3,5,8-9H2,1H3,(H,14,15);;. The van der Waals surface area contributed by atoms with Crippen molar-refractivity contribution in [2.24, 2.45) is 0 Å². The molecule has 0 saturated carbocycles. The summed E-state index contributed by atoms with van der Waals surface area (Å²) in [5.74, 6) is -0.728. The van der Waals surface area contributed by atoms with Crippen molar-refractivity contribution in [3.63, 3.8) is 0 Å². The fourth-order valence-electron chi connectivity index (χ4n) is 1.57. The average Bonchev–Trinajstić information content (AvgIpc) is 2.24. The Bertz CT molecular complexity index is 323. The molecule has 3 heteroatoms. The number of carboxylic acid groups (broad SMARTS) is 1. The van der Waals surface area contributed by atoms with Crippen LogP contribution in [0.25, 0.3) is 0 Å². The van der Waals surface area contributed by atoms with Crippen molar-refractivity contribution in [2.45, 2.75) is 39.0 Å². The van der Waals surface area contributed by atoms with Crippen LogP contribution >= 0.6 is 0 Å². The molecule has 0 aliphatic heterocycles. The Labute approximate surface area is 119 Å². The Kier molecular flexibility index (Phi) is 8.63. The predicted molar refractivity (Wildman–Crippen MR) is 68.2 cm³/mol.